The molecule has 0 atom stereocenters. The average Bonchev–Trinajstić information content (AvgIpc) is 2.74. The van der Waals surface area contributed by atoms with Crippen molar-refractivity contribution in [3.8, 4) is 5.75 Å². The number of amides is 1. The molecule has 0 aliphatic carbocycles. The maximum Gasteiger partial charge on any atom is 0.410 e. The van der Waals surface area contributed by atoms with Crippen molar-refractivity contribution >= 4 is 17.6 Å². The molecular weight excluding hydrogens is 352 g/mol. The van der Waals surface area contributed by atoms with Crippen molar-refractivity contribution in [2.75, 3.05) is 19.7 Å². The number of fused-ring (bicyclic) bond motifs is 1. The Bertz CT molecular complexity index is 766. The predicted octanol–water partition coefficient (Wildman–Crippen LogP) is 3.21. The average molecular weight is 378 g/mol. The maximum absolute atomic E-state index is 12.4. The van der Waals surface area contributed by atoms with E-state index >= 15 is 0 Å². The van der Waals surface area contributed by atoms with Gasteiger partial charge in [0.05, 0.1) is 4.92 Å². The fourth-order valence-electron chi connectivity index (χ4n) is 3.07. The van der Waals surface area contributed by atoms with Gasteiger partial charge in [0.2, 0.25) is 5.75 Å². The van der Waals surface area contributed by atoms with E-state index in [0.717, 1.165) is 11.1 Å². The highest BCUT2D eigenvalue weighted by atomic mass is 16.6. The number of ketones is 1. The third-order valence-electron chi connectivity index (χ3n) is 4.28. The van der Waals surface area contributed by atoms with Gasteiger partial charge in [-0.05, 0) is 58.6 Å². The number of nitrogens with zero attached hydrogens (tertiary/aromatic N) is 2. The summed E-state index contributed by atoms with van der Waals surface area (Å²) >= 11 is 0. The van der Waals surface area contributed by atoms with Crippen LogP contribution >= 0.6 is 0 Å². The lowest BCUT2D eigenvalue weighted by atomic mass is 9.96. The van der Waals surface area contributed by atoms with Crippen LogP contribution in [-0.2, 0) is 22.4 Å². The molecule has 0 radical (unpaired) electrons. The largest absolute Gasteiger partial charge is 0.479 e. The summed E-state index contributed by atoms with van der Waals surface area (Å²) in [6.45, 7) is 9.20. The van der Waals surface area contributed by atoms with Crippen LogP contribution < -0.4 is 4.74 Å². The van der Waals surface area contributed by atoms with Gasteiger partial charge in [-0.3, -0.25) is 14.9 Å². The molecule has 0 N–H and O–H groups in total. The topological polar surface area (TPSA) is 99.0 Å². The number of rotatable bonds is 4. The van der Waals surface area contributed by atoms with Crippen LogP contribution in [0.15, 0.2) is 6.07 Å². The molecule has 8 nitrogen and oxygen atoms in total. The van der Waals surface area contributed by atoms with E-state index in [9.17, 15) is 19.7 Å². The van der Waals surface area contributed by atoms with Gasteiger partial charge in [0.25, 0.3) is 0 Å². The molecule has 27 heavy (non-hydrogen) atoms. The molecule has 0 aromatic heterocycles. The molecule has 8 heteroatoms. The molecule has 0 unspecified atom stereocenters. The predicted molar refractivity (Wildman–Crippen MR) is 99.2 cm³/mol. The number of hydrogen-bond acceptors (Lipinski definition) is 6. The van der Waals surface area contributed by atoms with Crippen LogP contribution in [0.3, 0.4) is 0 Å². The summed E-state index contributed by atoms with van der Waals surface area (Å²) < 4.78 is 10.9. The minimum Gasteiger partial charge on any atom is -0.479 e. The first-order valence-corrected chi connectivity index (χ1v) is 8.89. The molecule has 2 rings (SSSR count). The molecule has 1 aromatic rings. The van der Waals surface area contributed by atoms with Crippen LogP contribution in [0, 0.1) is 17.0 Å². The number of benzene rings is 1. The van der Waals surface area contributed by atoms with Crippen LogP contribution in [0.4, 0.5) is 10.5 Å². The zero-order valence-corrected chi connectivity index (χ0v) is 16.5. The van der Waals surface area contributed by atoms with Gasteiger partial charge < -0.3 is 14.4 Å². The molecule has 0 fully saturated rings. The van der Waals surface area contributed by atoms with Gasteiger partial charge in [0.15, 0.2) is 5.78 Å². The van der Waals surface area contributed by atoms with E-state index in [-0.39, 0.29) is 23.8 Å². The van der Waals surface area contributed by atoms with Gasteiger partial charge in [-0.2, -0.15) is 0 Å². The number of nitro groups is 1. The summed E-state index contributed by atoms with van der Waals surface area (Å²) in [5, 5.41) is 11.5. The Labute approximate surface area is 158 Å². The molecule has 1 aliphatic heterocycles. The van der Waals surface area contributed by atoms with Gasteiger partial charge >= 0.3 is 11.8 Å². The van der Waals surface area contributed by atoms with Gasteiger partial charge in [-0.1, -0.05) is 0 Å². The highest BCUT2D eigenvalue weighted by molar-refractivity contribution is 5.77. The minimum atomic E-state index is -0.585. The van der Waals surface area contributed by atoms with Crippen LogP contribution in [0.5, 0.6) is 5.75 Å². The standard InChI is InChI=1S/C19H26N2O6/c1-12(22)11-26-17-13(2)15-7-9-20(18(23)27-19(3,4)5)8-6-14(15)10-16(17)21(24)25/h10H,6-9,11H2,1-5H3. The van der Waals surface area contributed by atoms with Gasteiger partial charge in [0, 0.05) is 24.7 Å². The van der Waals surface area contributed by atoms with Crippen LogP contribution in [0.1, 0.15) is 44.4 Å². The summed E-state index contributed by atoms with van der Waals surface area (Å²) in [6, 6.07) is 1.50. The van der Waals surface area contributed by atoms with Crippen LogP contribution in [0.2, 0.25) is 0 Å². The van der Waals surface area contributed by atoms with E-state index in [1.807, 2.05) is 20.8 Å². The van der Waals surface area contributed by atoms with E-state index < -0.39 is 16.6 Å². The van der Waals surface area contributed by atoms with Crippen molar-refractivity contribution < 1.29 is 24.0 Å². The molecule has 148 valence electrons. The molecule has 1 heterocycles. The normalized spacial score (nSPS) is 14.2. The van der Waals surface area contributed by atoms with E-state index in [1.54, 1.807) is 11.8 Å². The van der Waals surface area contributed by atoms with E-state index in [0.29, 0.717) is 31.5 Å². The SMILES string of the molecule is CC(=O)COc1c([N+](=O)[O-])cc2c(c1C)CCN(C(=O)OC(C)(C)C)CC2. The Morgan fingerprint density at radius 2 is 1.89 bits per heavy atom. The quantitative estimate of drug-likeness (QED) is 0.589. The number of hydrogen-bond donors (Lipinski definition) is 0. The van der Waals surface area contributed by atoms with Crippen molar-refractivity contribution in [3.05, 3.63) is 32.9 Å². The van der Waals surface area contributed by atoms with Crippen molar-refractivity contribution in [3.63, 3.8) is 0 Å². The summed E-state index contributed by atoms with van der Waals surface area (Å²) in [6.07, 6.45) is 0.633. The number of Topliss-reactive ketones (excluding diaryl/α,β-unsaturated/α-hetero) is 1. The molecule has 0 saturated heterocycles. The summed E-state index contributed by atoms with van der Waals surface area (Å²) in [4.78, 5) is 36.2. The van der Waals surface area contributed by atoms with Gasteiger partial charge in [-0.25, -0.2) is 4.79 Å². The molecule has 1 aliphatic rings. The zero-order valence-electron chi connectivity index (χ0n) is 16.5. The monoisotopic (exact) mass is 378 g/mol. The lowest BCUT2D eigenvalue weighted by Crippen LogP contribution is -2.38. The Morgan fingerprint density at radius 3 is 2.44 bits per heavy atom. The Hall–Kier alpha value is -2.64. The smallest absolute Gasteiger partial charge is 0.410 e. The number of nitro benzene ring substituents is 1. The molecule has 1 amide bonds. The number of ether oxygens (including phenoxy) is 2. The van der Waals surface area contributed by atoms with E-state index in [4.69, 9.17) is 9.47 Å². The number of carbonyl (C=O) groups excluding carboxylic acids is 2. The highest BCUT2D eigenvalue weighted by Crippen LogP contribution is 2.37. The lowest BCUT2D eigenvalue weighted by molar-refractivity contribution is -0.385. The second kappa shape index (κ2) is 7.94. The fourth-order valence-corrected chi connectivity index (χ4v) is 3.07. The minimum absolute atomic E-state index is 0.125. The van der Waals surface area contributed by atoms with Crippen LogP contribution in [0.25, 0.3) is 0 Å². The molecule has 1 aromatic carbocycles. The van der Waals surface area contributed by atoms with Gasteiger partial charge in [0.1, 0.15) is 12.2 Å². The Balaban J connectivity index is 2.31. The zero-order chi connectivity index (χ0) is 20.4. The number of carbonyl (C=O) groups is 2. The lowest BCUT2D eigenvalue weighted by Gasteiger charge is -2.26. The highest BCUT2D eigenvalue weighted by Gasteiger charge is 2.29. The van der Waals surface area contributed by atoms with Crippen molar-refractivity contribution in [1.82, 2.24) is 4.90 Å². The second-order valence-corrected chi connectivity index (χ2v) is 7.70. The first-order chi connectivity index (χ1) is 12.5. The fraction of sp³-hybridized carbons (Fsp3) is 0.579. The maximum atomic E-state index is 12.4. The van der Waals surface area contributed by atoms with E-state index in [2.05, 4.69) is 0 Å². The van der Waals surface area contributed by atoms with Crippen molar-refractivity contribution in [1.29, 1.82) is 0 Å². The molecule has 0 spiro atoms. The molecule has 0 bridgehead atoms. The van der Waals surface area contributed by atoms with E-state index in [1.165, 1.54) is 13.0 Å². The Kier molecular flexibility index (Phi) is 6.08. The first kappa shape index (κ1) is 20.7. The van der Waals surface area contributed by atoms with Crippen molar-refractivity contribution in [2.24, 2.45) is 0 Å². The Morgan fingerprint density at radius 1 is 1.26 bits per heavy atom. The second-order valence-electron chi connectivity index (χ2n) is 7.70. The molecular formula is C19H26N2O6. The first-order valence-electron chi connectivity index (χ1n) is 8.89. The third-order valence-corrected chi connectivity index (χ3v) is 4.28. The van der Waals surface area contributed by atoms with Crippen molar-refractivity contribution in [2.45, 2.75) is 53.1 Å². The summed E-state index contributed by atoms with van der Waals surface area (Å²) in [7, 11) is 0. The van der Waals surface area contributed by atoms with Crippen LogP contribution in [-0.4, -0.2) is 47.0 Å². The van der Waals surface area contributed by atoms with Gasteiger partial charge in [-0.15, -0.1) is 0 Å². The molecule has 0 saturated carbocycles. The summed E-state index contributed by atoms with van der Waals surface area (Å²) in [5.74, 6) is -0.0885. The third kappa shape index (κ3) is 5.18. The summed E-state index contributed by atoms with van der Waals surface area (Å²) in [5.41, 5.74) is 1.65.